The second-order valence-electron chi connectivity index (χ2n) is 4.70. The number of hydrogen-bond donors (Lipinski definition) is 1. The van der Waals surface area contributed by atoms with Crippen molar-refractivity contribution in [1.29, 1.82) is 0 Å². The van der Waals surface area contributed by atoms with Gasteiger partial charge in [0.05, 0.1) is 5.56 Å². The van der Waals surface area contributed by atoms with Crippen LogP contribution in [0.5, 0.6) is 0 Å². The van der Waals surface area contributed by atoms with E-state index in [1.807, 2.05) is 0 Å². The Balaban J connectivity index is 2.28. The Hall–Kier alpha value is -0.940. The van der Waals surface area contributed by atoms with E-state index >= 15 is 0 Å². The Morgan fingerprint density at radius 1 is 1.47 bits per heavy atom. The molecule has 3 nitrogen and oxygen atoms in total. The van der Waals surface area contributed by atoms with Crippen LogP contribution in [-0.4, -0.2) is 25.7 Å². The first-order valence-corrected chi connectivity index (χ1v) is 7.11. The quantitative estimate of drug-likeness (QED) is 0.778. The summed E-state index contributed by atoms with van der Waals surface area (Å²) < 4.78 is 18.8. The number of amides is 1. The molecule has 1 aromatic carbocycles. The molecular formula is C14H19BrFNO2. The zero-order valence-corrected chi connectivity index (χ0v) is 12.8. The third kappa shape index (κ3) is 6.16. The number of nitrogens with one attached hydrogen (secondary N) is 1. The summed E-state index contributed by atoms with van der Waals surface area (Å²) in [6, 6.07) is 4.01. The van der Waals surface area contributed by atoms with Crippen LogP contribution in [0.1, 0.15) is 30.6 Å². The van der Waals surface area contributed by atoms with Crippen LogP contribution in [-0.2, 0) is 4.74 Å². The maximum absolute atomic E-state index is 12.9. The van der Waals surface area contributed by atoms with Crippen LogP contribution in [0.25, 0.3) is 0 Å². The number of hydrogen-bond acceptors (Lipinski definition) is 2. The summed E-state index contributed by atoms with van der Waals surface area (Å²) >= 11 is 3.17. The molecular weight excluding hydrogens is 313 g/mol. The van der Waals surface area contributed by atoms with Crippen molar-refractivity contribution in [3.63, 3.8) is 0 Å². The van der Waals surface area contributed by atoms with Gasteiger partial charge in [0.25, 0.3) is 5.91 Å². The molecule has 0 atom stereocenters. The smallest absolute Gasteiger partial charge is 0.252 e. The lowest BCUT2D eigenvalue weighted by Gasteiger charge is -2.08. The minimum atomic E-state index is -0.370. The summed E-state index contributed by atoms with van der Waals surface area (Å²) in [7, 11) is 0. The highest BCUT2D eigenvalue weighted by molar-refractivity contribution is 9.10. The van der Waals surface area contributed by atoms with Crippen molar-refractivity contribution in [3.05, 3.63) is 34.1 Å². The Morgan fingerprint density at radius 2 is 2.21 bits per heavy atom. The number of rotatable bonds is 7. The van der Waals surface area contributed by atoms with Crippen LogP contribution in [0.15, 0.2) is 22.7 Å². The average molecular weight is 332 g/mol. The van der Waals surface area contributed by atoms with Gasteiger partial charge in [-0.3, -0.25) is 4.79 Å². The molecule has 106 valence electrons. The van der Waals surface area contributed by atoms with Gasteiger partial charge in [-0.05, 0) is 46.5 Å². The zero-order chi connectivity index (χ0) is 14.3. The van der Waals surface area contributed by atoms with Crippen molar-refractivity contribution in [3.8, 4) is 0 Å². The molecule has 19 heavy (non-hydrogen) atoms. The molecule has 5 heteroatoms. The van der Waals surface area contributed by atoms with E-state index in [1.54, 1.807) is 0 Å². The van der Waals surface area contributed by atoms with Gasteiger partial charge in [-0.1, -0.05) is 13.8 Å². The monoisotopic (exact) mass is 331 g/mol. The average Bonchev–Trinajstić information content (AvgIpc) is 2.32. The molecule has 0 aliphatic rings. The Morgan fingerprint density at radius 3 is 2.84 bits per heavy atom. The lowest BCUT2D eigenvalue weighted by Crippen LogP contribution is -2.25. The molecule has 0 spiro atoms. The van der Waals surface area contributed by atoms with Crippen molar-refractivity contribution in [2.45, 2.75) is 20.3 Å². The highest BCUT2D eigenvalue weighted by atomic mass is 79.9. The van der Waals surface area contributed by atoms with E-state index < -0.39 is 0 Å². The van der Waals surface area contributed by atoms with Crippen molar-refractivity contribution in [1.82, 2.24) is 5.32 Å². The summed E-state index contributed by atoms with van der Waals surface area (Å²) in [4.78, 5) is 11.8. The van der Waals surface area contributed by atoms with Gasteiger partial charge in [0.1, 0.15) is 5.82 Å². The van der Waals surface area contributed by atoms with Gasteiger partial charge in [-0.25, -0.2) is 4.39 Å². The van der Waals surface area contributed by atoms with Gasteiger partial charge < -0.3 is 10.1 Å². The number of carbonyl (C=O) groups excluding carboxylic acids is 1. The normalized spacial score (nSPS) is 10.8. The van der Waals surface area contributed by atoms with Crippen LogP contribution in [0.4, 0.5) is 4.39 Å². The summed E-state index contributed by atoms with van der Waals surface area (Å²) in [6.07, 6.45) is 0.761. The fourth-order valence-electron chi connectivity index (χ4n) is 1.46. The predicted octanol–water partition coefficient (Wildman–Crippen LogP) is 3.38. The largest absolute Gasteiger partial charge is 0.381 e. The van der Waals surface area contributed by atoms with Crippen LogP contribution in [0.3, 0.4) is 0 Å². The van der Waals surface area contributed by atoms with E-state index in [2.05, 4.69) is 35.1 Å². The van der Waals surface area contributed by atoms with E-state index in [-0.39, 0.29) is 11.7 Å². The third-order valence-corrected chi connectivity index (χ3v) is 3.03. The van der Waals surface area contributed by atoms with Crippen LogP contribution < -0.4 is 5.32 Å². The van der Waals surface area contributed by atoms with E-state index in [9.17, 15) is 9.18 Å². The summed E-state index contributed by atoms with van der Waals surface area (Å²) in [5.74, 6) is -0.0639. The van der Waals surface area contributed by atoms with Crippen molar-refractivity contribution in [2.75, 3.05) is 19.8 Å². The lowest BCUT2D eigenvalue weighted by molar-refractivity contribution is 0.0924. The molecule has 1 amide bonds. The molecule has 0 aliphatic heterocycles. The third-order valence-electron chi connectivity index (χ3n) is 2.38. The fraction of sp³-hybridized carbons (Fsp3) is 0.500. The zero-order valence-electron chi connectivity index (χ0n) is 11.2. The van der Waals surface area contributed by atoms with Gasteiger partial charge in [0.2, 0.25) is 0 Å². The molecule has 1 aromatic rings. The minimum absolute atomic E-state index is 0.212. The van der Waals surface area contributed by atoms with Gasteiger partial charge >= 0.3 is 0 Å². The first kappa shape index (κ1) is 16.1. The second-order valence-corrected chi connectivity index (χ2v) is 5.56. The van der Waals surface area contributed by atoms with Crippen LogP contribution in [0.2, 0.25) is 0 Å². The molecule has 0 saturated carbocycles. The highest BCUT2D eigenvalue weighted by Gasteiger charge is 2.09. The van der Waals surface area contributed by atoms with E-state index in [0.717, 1.165) is 13.0 Å². The molecule has 0 aliphatic carbocycles. The van der Waals surface area contributed by atoms with Crippen molar-refractivity contribution in [2.24, 2.45) is 5.92 Å². The molecule has 0 bridgehead atoms. The predicted molar refractivity (Wildman–Crippen MR) is 76.7 cm³/mol. The van der Waals surface area contributed by atoms with Gasteiger partial charge in [0.15, 0.2) is 0 Å². The Kier molecular flexibility index (Phi) is 7.02. The Labute approximate surface area is 121 Å². The number of halogens is 2. The van der Waals surface area contributed by atoms with Gasteiger partial charge in [0, 0.05) is 24.2 Å². The second kappa shape index (κ2) is 8.27. The first-order chi connectivity index (χ1) is 9.00. The molecule has 0 unspecified atom stereocenters. The van der Waals surface area contributed by atoms with Crippen LogP contribution in [0, 0.1) is 11.7 Å². The molecule has 1 N–H and O–H groups in total. The first-order valence-electron chi connectivity index (χ1n) is 6.31. The van der Waals surface area contributed by atoms with E-state index in [1.165, 1.54) is 18.2 Å². The maximum atomic E-state index is 12.9. The summed E-state index contributed by atoms with van der Waals surface area (Å²) in [5, 5.41) is 2.78. The van der Waals surface area contributed by atoms with Crippen molar-refractivity contribution >= 4 is 21.8 Å². The van der Waals surface area contributed by atoms with Crippen LogP contribution >= 0.6 is 15.9 Å². The number of ether oxygens (including phenoxy) is 1. The molecule has 0 saturated heterocycles. The number of benzene rings is 1. The Bertz CT molecular complexity index is 424. The topological polar surface area (TPSA) is 38.3 Å². The highest BCUT2D eigenvalue weighted by Crippen LogP contribution is 2.17. The molecule has 0 fully saturated rings. The summed E-state index contributed by atoms with van der Waals surface area (Å²) in [6.45, 7) is 6.09. The standard InChI is InChI=1S/C14H19BrFNO2/c1-10(2)9-19-7-3-6-17-14(18)12-5-4-11(16)8-13(12)15/h4-5,8,10H,3,6-7,9H2,1-2H3,(H,17,18). The number of carbonyl (C=O) groups is 1. The minimum Gasteiger partial charge on any atom is -0.381 e. The van der Waals surface area contributed by atoms with Gasteiger partial charge in [-0.2, -0.15) is 0 Å². The summed E-state index contributed by atoms with van der Waals surface area (Å²) in [5.41, 5.74) is 0.435. The maximum Gasteiger partial charge on any atom is 0.252 e. The lowest BCUT2D eigenvalue weighted by atomic mass is 10.2. The molecule has 1 rings (SSSR count). The SMILES string of the molecule is CC(C)COCCCNC(=O)c1ccc(F)cc1Br. The van der Waals surface area contributed by atoms with Crippen molar-refractivity contribution < 1.29 is 13.9 Å². The van der Waals surface area contributed by atoms with E-state index in [4.69, 9.17) is 4.74 Å². The molecule has 0 aromatic heterocycles. The van der Waals surface area contributed by atoms with Gasteiger partial charge in [-0.15, -0.1) is 0 Å². The fourth-order valence-corrected chi connectivity index (χ4v) is 1.99. The molecule has 0 heterocycles. The molecule has 0 radical (unpaired) electrons. The van der Waals surface area contributed by atoms with E-state index in [0.29, 0.717) is 29.1 Å².